The summed E-state index contributed by atoms with van der Waals surface area (Å²) >= 11 is 0. The normalized spacial score (nSPS) is 36.1. The van der Waals surface area contributed by atoms with Crippen LogP contribution < -0.4 is 5.73 Å². The number of hydrogen-bond donors (Lipinski definition) is 1. The van der Waals surface area contributed by atoms with Crippen LogP contribution in [0, 0.1) is 5.92 Å². The van der Waals surface area contributed by atoms with Gasteiger partial charge < -0.3 is 10.5 Å². The maximum Gasteiger partial charge on any atom is 0.307 e. The van der Waals surface area contributed by atoms with Gasteiger partial charge in [-0.2, -0.15) is 0 Å². The lowest BCUT2D eigenvalue weighted by Gasteiger charge is -2.42. The molecule has 1 aliphatic rings. The fraction of sp³-hybridized carbons (Fsp3) is 0.875. The molecule has 1 fully saturated rings. The summed E-state index contributed by atoms with van der Waals surface area (Å²) in [6.45, 7) is 2.14. The van der Waals surface area contributed by atoms with Gasteiger partial charge in [-0.15, -0.1) is 0 Å². The molecule has 3 heteroatoms. The van der Waals surface area contributed by atoms with Crippen molar-refractivity contribution < 1.29 is 9.53 Å². The molecule has 0 amide bonds. The predicted molar refractivity (Wildman–Crippen MR) is 41.9 cm³/mol. The zero-order valence-corrected chi connectivity index (χ0v) is 7.09. The maximum absolute atomic E-state index is 10.8. The summed E-state index contributed by atoms with van der Waals surface area (Å²) in [6, 6.07) is 0. The van der Waals surface area contributed by atoms with E-state index in [1.54, 1.807) is 0 Å². The summed E-state index contributed by atoms with van der Waals surface area (Å²) in [5.41, 5.74) is 5.61. The van der Waals surface area contributed by atoms with Crippen LogP contribution in [0.15, 0.2) is 0 Å². The number of carbonyl (C=O) groups is 1. The van der Waals surface area contributed by atoms with Gasteiger partial charge in [0.25, 0.3) is 0 Å². The number of hydrogen-bond acceptors (Lipinski definition) is 3. The molecule has 0 saturated heterocycles. The molecule has 11 heavy (non-hydrogen) atoms. The summed E-state index contributed by atoms with van der Waals surface area (Å²) in [5.74, 6) is 0.476. The Morgan fingerprint density at radius 3 is 2.64 bits per heavy atom. The highest BCUT2D eigenvalue weighted by Gasteiger charge is 2.40. The Labute approximate surface area is 66.9 Å². The van der Waals surface area contributed by atoms with Crippen LogP contribution in [0.25, 0.3) is 0 Å². The summed E-state index contributed by atoms with van der Waals surface area (Å²) in [6.07, 6.45) is 2.26. The van der Waals surface area contributed by atoms with Gasteiger partial charge in [-0.3, -0.25) is 4.79 Å². The van der Waals surface area contributed by atoms with E-state index in [-0.39, 0.29) is 11.5 Å². The molecule has 0 atom stereocenters. The first-order valence-corrected chi connectivity index (χ1v) is 3.91. The number of nitrogens with two attached hydrogens (primary N) is 1. The van der Waals surface area contributed by atoms with Crippen LogP contribution in [0.5, 0.6) is 0 Å². The largest absolute Gasteiger partial charge is 0.469 e. The Morgan fingerprint density at radius 1 is 1.73 bits per heavy atom. The van der Waals surface area contributed by atoms with E-state index in [4.69, 9.17) is 5.73 Å². The van der Waals surface area contributed by atoms with Gasteiger partial charge in [-0.1, -0.05) is 6.92 Å². The van der Waals surface area contributed by atoms with E-state index < -0.39 is 0 Å². The number of carbonyl (C=O) groups excluding carboxylic acids is 1. The number of esters is 1. The summed E-state index contributed by atoms with van der Waals surface area (Å²) in [5, 5.41) is 0. The quantitative estimate of drug-likeness (QED) is 0.599. The van der Waals surface area contributed by atoms with Crippen LogP contribution in [0.2, 0.25) is 0 Å². The molecule has 0 unspecified atom stereocenters. The minimum Gasteiger partial charge on any atom is -0.469 e. The third-order valence-corrected chi connectivity index (χ3v) is 2.23. The zero-order chi connectivity index (χ0) is 8.48. The Morgan fingerprint density at radius 2 is 2.27 bits per heavy atom. The third-order valence-electron chi connectivity index (χ3n) is 2.23. The van der Waals surface area contributed by atoms with E-state index in [1.165, 1.54) is 7.11 Å². The van der Waals surface area contributed by atoms with E-state index in [0.717, 1.165) is 12.8 Å². The molecular formula is C8H15NO2. The summed E-state index contributed by atoms with van der Waals surface area (Å²) < 4.78 is 4.54. The van der Waals surface area contributed by atoms with Gasteiger partial charge in [-0.25, -0.2) is 0 Å². The standard InChI is InChI=1S/C8H15NO2/c1-6-3-8(9,4-6)5-7(10)11-2/h6H,3-5,9H2,1-2H3. The predicted octanol–water partition coefficient (Wildman–Crippen LogP) is 0.677. The Bertz CT molecular complexity index is 161. The maximum atomic E-state index is 10.8. The summed E-state index contributed by atoms with van der Waals surface area (Å²) in [4.78, 5) is 10.8. The van der Waals surface area contributed by atoms with Crippen molar-refractivity contribution in [1.82, 2.24) is 0 Å². The second kappa shape index (κ2) is 2.81. The molecular weight excluding hydrogens is 142 g/mol. The number of methoxy groups -OCH3 is 1. The van der Waals surface area contributed by atoms with Crippen molar-refractivity contribution in [3.8, 4) is 0 Å². The van der Waals surface area contributed by atoms with Gasteiger partial charge >= 0.3 is 5.97 Å². The van der Waals surface area contributed by atoms with Crippen molar-refractivity contribution in [2.75, 3.05) is 7.11 Å². The van der Waals surface area contributed by atoms with Crippen molar-refractivity contribution in [3.05, 3.63) is 0 Å². The second-order valence-corrected chi connectivity index (χ2v) is 3.63. The Kier molecular flexibility index (Phi) is 2.18. The lowest BCUT2D eigenvalue weighted by molar-refractivity contribution is -0.143. The molecule has 0 radical (unpaired) electrons. The number of rotatable bonds is 2. The van der Waals surface area contributed by atoms with Crippen molar-refractivity contribution in [2.45, 2.75) is 31.7 Å². The van der Waals surface area contributed by atoms with Crippen LogP contribution in [0.3, 0.4) is 0 Å². The first-order chi connectivity index (χ1) is 5.06. The average molecular weight is 157 g/mol. The molecule has 0 spiro atoms. The molecule has 2 N–H and O–H groups in total. The Hall–Kier alpha value is -0.570. The first kappa shape index (κ1) is 8.53. The number of ether oxygens (including phenoxy) is 1. The SMILES string of the molecule is COC(=O)CC1(N)CC(C)C1. The lowest BCUT2D eigenvalue weighted by Crippen LogP contribution is -2.52. The molecule has 0 aliphatic heterocycles. The molecule has 0 aromatic rings. The molecule has 64 valence electrons. The highest BCUT2D eigenvalue weighted by Crippen LogP contribution is 2.37. The fourth-order valence-corrected chi connectivity index (χ4v) is 1.83. The minimum atomic E-state index is -0.257. The smallest absolute Gasteiger partial charge is 0.307 e. The Balaban J connectivity index is 2.32. The molecule has 0 aromatic heterocycles. The van der Waals surface area contributed by atoms with Crippen molar-refractivity contribution in [2.24, 2.45) is 11.7 Å². The topological polar surface area (TPSA) is 52.3 Å². The minimum absolute atomic E-state index is 0.195. The molecule has 0 bridgehead atoms. The van der Waals surface area contributed by atoms with E-state index in [0.29, 0.717) is 12.3 Å². The average Bonchev–Trinajstić information content (AvgIpc) is 1.84. The van der Waals surface area contributed by atoms with Gasteiger partial charge in [0.2, 0.25) is 0 Å². The van der Waals surface area contributed by atoms with Crippen LogP contribution in [0.4, 0.5) is 0 Å². The van der Waals surface area contributed by atoms with Gasteiger partial charge in [-0.05, 0) is 18.8 Å². The third kappa shape index (κ3) is 1.93. The van der Waals surface area contributed by atoms with Crippen molar-refractivity contribution >= 4 is 5.97 Å². The molecule has 1 saturated carbocycles. The van der Waals surface area contributed by atoms with Gasteiger partial charge in [0, 0.05) is 5.54 Å². The van der Waals surface area contributed by atoms with E-state index in [1.807, 2.05) is 0 Å². The second-order valence-electron chi connectivity index (χ2n) is 3.63. The van der Waals surface area contributed by atoms with E-state index >= 15 is 0 Å². The van der Waals surface area contributed by atoms with Crippen molar-refractivity contribution in [1.29, 1.82) is 0 Å². The van der Waals surface area contributed by atoms with Crippen LogP contribution >= 0.6 is 0 Å². The molecule has 3 nitrogen and oxygen atoms in total. The zero-order valence-electron chi connectivity index (χ0n) is 7.09. The fourth-order valence-electron chi connectivity index (χ4n) is 1.83. The van der Waals surface area contributed by atoms with Gasteiger partial charge in [0.05, 0.1) is 13.5 Å². The van der Waals surface area contributed by atoms with E-state index in [2.05, 4.69) is 11.7 Å². The molecule has 0 heterocycles. The highest BCUT2D eigenvalue weighted by atomic mass is 16.5. The van der Waals surface area contributed by atoms with Crippen LogP contribution in [-0.4, -0.2) is 18.6 Å². The van der Waals surface area contributed by atoms with Crippen LogP contribution in [-0.2, 0) is 9.53 Å². The van der Waals surface area contributed by atoms with Crippen molar-refractivity contribution in [3.63, 3.8) is 0 Å². The first-order valence-electron chi connectivity index (χ1n) is 3.91. The van der Waals surface area contributed by atoms with E-state index in [9.17, 15) is 4.79 Å². The van der Waals surface area contributed by atoms with Crippen LogP contribution in [0.1, 0.15) is 26.2 Å². The molecule has 0 aromatic carbocycles. The van der Waals surface area contributed by atoms with Gasteiger partial charge in [0.15, 0.2) is 0 Å². The van der Waals surface area contributed by atoms with Gasteiger partial charge in [0.1, 0.15) is 0 Å². The molecule has 1 rings (SSSR count). The highest BCUT2D eigenvalue weighted by molar-refractivity contribution is 5.70. The lowest BCUT2D eigenvalue weighted by atomic mass is 9.68. The molecule has 1 aliphatic carbocycles. The monoisotopic (exact) mass is 157 g/mol. The summed E-state index contributed by atoms with van der Waals surface area (Å²) in [7, 11) is 1.40.